The summed E-state index contributed by atoms with van der Waals surface area (Å²) in [6.45, 7) is 3.42. The number of benzene rings is 2. The number of nitro benzene ring substituents is 1. The number of nitrogens with zero attached hydrogens (tertiary/aromatic N) is 6. The third-order valence-electron chi connectivity index (χ3n) is 4.89. The van der Waals surface area contributed by atoms with Crippen LogP contribution < -0.4 is 10.6 Å². The topological polar surface area (TPSA) is 158 Å². The SMILES string of the molecule is Cc1nnc(NC(=O)CSc2nnc(CNC(=O)c3ccc(C)c([N+](=O)[O-])c3)n2-c2ccccc2)s1. The molecule has 0 atom stereocenters. The van der Waals surface area contributed by atoms with E-state index in [9.17, 15) is 19.7 Å². The summed E-state index contributed by atoms with van der Waals surface area (Å²) < 4.78 is 1.74. The molecule has 14 heteroatoms. The van der Waals surface area contributed by atoms with Crippen LogP contribution in [-0.2, 0) is 11.3 Å². The van der Waals surface area contributed by atoms with Crippen LogP contribution in [0, 0.1) is 24.0 Å². The van der Waals surface area contributed by atoms with E-state index in [0.717, 1.165) is 10.7 Å². The van der Waals surface area contributed by atoms with E-state index in [-0.39, 0.29) is 29.5 Å². The Bertz CT molecular complexity index is 1420. The van der Waals surface area contributed by atoms with Crippen molar-refractivity contribution < 1.29 is 14.5 Å². The Hall–Kier alpha value is -4.17. The molecule has 184 valence electrons. The van der Waals surface area contributed by atoms with Crippen LogP contribution >= 0.6 is 23.1 Å². The number of hydrogen-bond acceptors (Lipinski definition) is 10. The number of rotatable bonds is 9. The van der Waals surface area contributed by atoms with Gasteiger partial charge in [-0.2, -0.15) is 0 Å². The standard InChI is InChI=1S/C22H20N8O4S2/c1-13-8-9-15(10-17(13)30(33)34)20(32)23-11-18-26-28-22(29(18)16-6-4-3-5-7-16)35-12-19(31)24-21-27-25-14(2)36-21/h3-10H,11-12H2,1-2H3,(H,23,32)(H,24,27,31). The molecule has 0 saturated heterocycles. The molecule has 0 spiro atoms. The van der Waals surface area contributed by atoms with Crippen LogP contribution in [0.4, 0.5) is 10.8 Å². The van der Waals surface area contributed by atoms with Crippen molar-refractivity contribution in [2.75, 3.05) is 11.1 Å². The number of hydrogen-bond donors (Lipinski definition) is 2. The molecular weight excluding hydrogens is 504 g/mol. The van der Waals surface area contributed by atoms with Crippen LogP contribution in [0.2, 0.25) is 0 Å². The van der Waals surface area contributed by atoms with Crippen LogP contribution in [-0.4, -0.2) is 47.5 Å². The van der Waals surface area contributed by atoms with E-state index in [4.69, 9.17) is 0 Å². The number of nitrogens with one attached hydrogen (secondary N) is 2. The van der Waals surface area contributed by atoms with E-state index in [1.54, 1.807) is 18.4 Å². The maximum atomic E-state index is 12.7. The Morgan fingerprint density at radius 3 is 2.56 bits per heavy atom. The molecule has 2 aromatic heterocycles. The highest BCUT2D eigenvalue weighted by atomic mass is 32.2. The van der Waals surface area contributed by atoms with Crippen molar-refractivity contribution >= 4 is 45.7 Å². The number of anilines is 1. The summed E-state index contributed by atoms with van der Waals surface area (Å²) in [5, 5.41) is 34.4. The lowest BCUT2D eigenvalue weighted by atomic mass is 10.1. The van der Waals surface area contributed by atoms with Gasteiger partial charge in [0.15, 0.2) is 11.0 Å². The highest BCUT2D eigenvalue weighted by Crippen LogP contribution is 2.23. The predicted molar refractivity (Wildman–Crippen MR) is 134 cm³/mol. The fourth-order valence-electron chi connectivity index (χ4n) is 3.19. The van der Waals surface area contributed by atoms with Crippen molar-refractivity contribution in [1.29, 1.82) is 0 Å². The summed E-state index contributed by atoms with van der Waals surface area (Å²) in [6.07, 6.45) is 0. The first-order valence-corrected chi connectivity index (χ1v) is 12.4. The van der Waals surface area contributed by atoms with Gasteiger partial charge in [-0.25, -0.2) is 0 Å². The highest BCUT2D eigenvalue weighted by Gasteiger charge is 2.19. The number of nitro groups is 1. The molecule has 36 heavy (non-hydrogen) atoms. The molecule has 4 aromatic rings. The van der Waals surface area contributed by atoms with Gasteiger partial charge in [0.2, 0.25) is 11.0 Å². The molecule has 4 rings (SSSR count). The van der Waals surface area contributed by atoms with Crippen molar-refractivity contribution in [2.45, 2.75) is 25.5 Å². The zero-order valence-electron chi connectivity index (χ0n) is 19.2. The Labute approximate surface area is 213 Å². The van der Waals surface area contributed by atoms with E-state index in [2.05, 4.69) is 31.0 Å². The quantitative estimate of drug-likeness (QED) is 0.190. The minimum Gasteiger partial charge on any atom is -0.345 e. The zero-order chi connectivity index (χ0) is 25.7. The van der Waals surface area contributed by atoms with E-state index >= 15 is 0 Å². The van der Waals surface area contributed by atoms with Crippen molar-refractivity contribution in [1.82, 2.24) is 30.3 Å². The first-order chi connectivity index (χ1) is 17.3. The van der Waals surface area contributed by atoms with E-state index in [1.807, 2.05) is 30.3 Å². The van der Waals surface area contributed by atoms with E-state index in [0.29, 0.717) is 21.7 Å². The molecule has 12 nitrogen and oxygen atoms in total. The average Bonchev–Trinajstić information content (AvgIpc) is 3.47. The zero-order valence-corrected chi connectivity index (χ0v) is 20.8. The Kier molecular flexibility index (Phi) is 7.65. The molecule has 0 saturated carbocycles. The fraction of sp³-hybridized carbons (Fsp3) is 0.182. The van der Waals surface area contributed by atoms with Gasteiger partial charge in [-0.1, -0.05) is 47.4 Å². The number of carbonyl (C=O) groups excluding carboxylic acids is 2. The van der Waals surface area contributed by atoms with Gasteiger partial charge in [-0.15, -0.1) is 20.4 Å². The highest BCUT2D eigenvalue weighted by molar-refractivity contribution is 7.99. The van der Waals surface area contributed by atoms with Gasteiger partial charge in [0.1, 0.15) is 5.01 Å². The van der Waals surface area contributed by atoms with Gasteiger partial charge < -0.3 is 5.32 Å². The van der Waals surface area contributed by atoms with Gasteiger partial charge in [-0.3, -0.25) is 29.6 Å². The molecule has 0 aliphatic rings. The lowest BCUT2D eigenvalue weighted by Gasteiger charge is -2.11. The van der Waals surface area contributed by atoms with Crippen LogP contribution in [0.15, 0.2) is 53.7 Å². The third kappa shape index (κ3) is 5.90. The molecule has 0 radical (unpaired) electrons. The maximum absolute atomic E-state index is 12.7. The molecule has 2 heterocycles. The largest absolute Gasteiger partial charge is 0.345 e. The smallest absolute Gasteiger partial charge is 0.273 e. The number of aryl methyl sites for hydroxylation is 2. The average molecular weight is 525 g/mol. The number of thioether (sulfide) groups is 1. The van der Waals surface area contributed by atoms with Crippen molar-refractivity contribution in [3.8, 4) is 5.69 Å². The summed E-state index contributed by atoms with van der Waals surface area (Å²) >= 11 is 2.46. The second-order valence-electron chi connectivity index (χ2n) is 7.47. The molecule has 2 N–H and O–H groups in total. The maximum Gasteiger partial charge on any atom is 0.273 e. The molecule has 2 aromatic carbocycles. The lowest BCUT2D eigenvalue weighted by Crippen LogP contribution is -2.24. The number of aromatic nitrogens is 5. The molecule has 0 fully saturated rings. The van der Waals surface area contributed by atoms with Gasteiger partial charge in [0.25, 0.3) is 11.6 Å². The summed E-state index contributed by atoms with van der Waals surface area (Å²) in [5.74, 6) is -0.266. The predicted octanol–water partition coefficient (Wildman–Crippen LogP) is 3.30. The minimum atomic E-state index is -0.524. The number of para-hydroxylation sites is 1. The molecule has 0 aliphatic heterocycles. The molecule has 2 amide bonds. The Morgan fingerprint density at radius 2 is 1.86 bits per heavy atom. The van der Waals surface area contributed by atoms with Crippen molar-refractivity contribution in [3.05, 3.63) is 80.6 Å². The summed E-state index contributed by atoms with van der Waals surface area (Å²) in [6, 6.07) is 13.6. The first kappa shape index (κ1) is 24.9. The summed E-state index contributed by atoms with van der Waals surface area (Å²) in [7, 11) is 0. The van der Waals surface area contributed by atoms with Gasteiger partial charge in [0.05, 0.1) is 17.2 Å². The van der Waals surface area contributed by atoms with Gasteiger partial charge in [0, 0.05) is 22.9 Å². The molecule has 0 bridgehead atoms. The van der Waals surface area contributed by atoms with Gasteiger partial charge in [-0.05, 0) is 32.0 Å². The number of carbonyl (C=O) groups is 2. The van der Waals surface area contributed by atoms with Crippen molar-refractivity contribution in [2.24, 2.45) is 0 Å². The monoisotopic (exact) mass is 524 g/mol. The van der Waals surface area contributed by atoms with Crippen molar-refractivity contribution in [3.63, 3.8) is 0 Å². The minimum absolute atomic E-state index is 0.0131. The number of amides is 2. The Balaban J connectivity index is 1.49. The summed E-state index contributed by atoms with van der Waals surface area (Å²) in [5.41, 5.74) is 1.25. The lowest BCUT2D eigenvalue weighted by molar-refractivity contribution is -0.385. The Morgan fingerprint density at radius 1 is 1.08 bits per heavy atom. The molecule has 0 unspecified atom stereocenters. The normalized spacial score (nSPS) is 10.7. The third-order valence-corrected chi connectivity index (χ3v) is 6.58. The molecule has 0 aliphatic carbocycles. The van der Waals surface area contributed by atoms with E-state index < -0.39 is 10.8 Å². The van der Waals surface area contributed by atoms with Gasteiger partial charge >= 0.3 is 0 Å². The van der Waals surface area contributed by atoms with Crippen LogP contribution in [0.1, 0.15) is 26.8 Å². The summed E-state index contributed by atoms with van der Waals surface area (Å²) in [4.78, 5) is 35.7. The van der Waals surface area contributed by atoms with Crippen LogP contribution in [0.3, 0.4) is 0 Å². The molecular formula is C22H20N8O4S2. The first-order valence-electron chi connectivity index (χ1n) is 10.6. The van der Waals surface area contributed by atoms with Crippen LogP contribution in [0.5, 0.6) is 0 Å². The van der Waals surface area contributed by atoms with Crippen LogP contribution in [0.25, 0.3) is 5.69 Å². The fourth-order valence-corrected chi connectivity index (χ4v) is 4.56. The van der Waals surface area contributed by atoms with E-state index in [1.165, 1.54) is 41.3 Å². The second-order valence-corrected chi connectivity index (χ2v) is 9.60. The second kappa shape index (κ2) is 11.0.